The van der Waals surface area contributed by atoms with Gasteiger partial charge in [-0.2, -0.15) is 0 Å². The SMILES string of the molecule is CC(=O)Oc1c(C)c2c(-c3ccc(C(C)C)cc3)coc2c2ccccc12. The summed E-state index contributed by atoms with van der Waals surface area (Å²) < 4.78 is 11.6. The second-order valence-corrected chi connectivity index (χ2v) is 7.22. The third kappa shape index (κ3) is 2.89. The quantitative estimate of drug-likeness (QED) is 0.305. The van der Waals surface area contributed by atoms with E-state index in [2.05, 4.69) is 38.1 Å². The molecule has 0 N–H and O–H groups in total. The minimum Gasteiger partial charge on any atom is -0.463 e. The summed E-state index contributed by atoms with van der Waals surface area (Å²) in [5, 5.41) is 2.82. The summed E-state index contributed by atoms with van der Waals surface area (Å²) in [4.78, 5) is 11.7. The molecule has 3 heteroatoms. The van der Waals surface area contributed by atoms with Crippen LogP contribution in [0.4, 0.5) is 0 Å². The molecule has 27 heavy (non-hydrogen) atoms. The molecule has 0 amide bonds. The molecule has 0 aliphatic rings. The van der Waals surface area contributed by atoms with Crippen molar-refractivity contribution in [2.45, 2.75) is 33.6 Å². The van der Waals surface area contributed by atoms with Crippen LogP contribution in [0.2, 0.25) is 0 Å². The summed E-state index contributed by atoms with van der Waals surface area (Å²) in [6.07, 6.45) is 1.80. The first kappa shape index (κ1) is 17.3. The van der Waals surface area contributed by atoms with Crippen molar-refractivity contribution in [2.75, 3.05) is 0 Å². The molecule has 3 nitrogen and oxygen atoms in total. The predicted octanol–water partition coefficient (Wildman–Crippen LogP) is 6.61. The topological polar surface area (TPSA) is 39.4 Å². The van der Waals surface area contributed by atoms with Gasteiger partial charge in [-0.1, -0.05) is 62.4 Å². The Balaban J connectivity index is 2.01. The van der Waals surface area contributed by atoms with Crippen LogP contribution in [0.1, 0.15) is 37.8 Å². The molecule has 3 aromatic carbocycles. The maximum atomic E-state index is 11.7. The second-order valence-electron chi connectivity index (χ2n) is 7.22. The van der Waals surface area contributed by atoms with E-state index in [4.69, 9.17) is 9.15 Å². The van der Waals surface area contributed by atoms with Gasteiger partial charge in [-0.3, -0.25) is 4.79 Å². The van der Waals surface area contributed by atoms with E-state index in [1.807, 2.05) is 31.2 Å². The smallest absolute Gasteiger partial charge is 0.308 e. The fourth-order valence-electron chi connectivity index (χ4n) is 3.66. The fourth-order valence-corrected chi connectivity index (χ4v) is 3.66. The number of rotatable bonds is 3. The summed E-state index contributed by atoms with van der Waals surface area (Å²) in [6.45, 7) is 7.78. The molecule has 0 unspecified atom stereocenters. The van der Waals surface area contributed by atoms with Gasteiger partial charge in [0.25, 0.3) is 0 Å². The van der Waals surface area contributed by atoms with E-state index in [-0.39, 0.29) is 5.97 Å². The highest BCUT2D eigenvalue weighted by molar-refractivity contribution is 6.14. The van der Waals surface area contributed by atoms with Gasteiger partial charge >= 0.3 is 5.97 Å². The van der Waals surface area contributed by atoms with Crippen molar-refractivity contribution in [3.05, 3.63) is 65.9 Å². The van der Waals surface area contributed by atoms with Crippen LogP contribution in [-0.4, -0.2) is 5.97 Å². The zero-order valence-corrected chi connectivity index (χ0v) is 16.0. The number of carbonyl (C=O) groups excluding carboxylic acids is 1. The van der Waals surface area contributed by atoms with Gasteiger partial charge in [0.1, 0.15) is 11.3 Å². The van der Waals surface area contributed by atoms with E-state index in [1.54, 1.807) is 6.26 Å². The monoisotopic (exact) mass is 358 g/mol. The van der Waals surface area contributed by atoms with Crippen molar-refractivity contribution in [1.82, 2.24) is 0 Å². The lowest BCUT2D eigenvalue weighted by Gasteiger charge is -2.12. The highest BCUT2D eigenvalue weighted by Gasteiger charge is 2.20. The Morgan fingerprint density at radius 3 is 2.30 bits per heavy atom. The lowest BCUT2D eigenvalue weighted by Crippen LogP contribution is -2.03. The van der Waals surface area contributed by atoms with E-state index in [0.29, 0.717) is 11.7 Å². The highest BCUT2D eigenvalue weighted by atomic mass is 16.5. The molecule has 0 fully saturated rings. The van der Waals surface area contributed by atoms with Crippen LogP contribution in [0, 0.1) is 6.92 Å². The molecule has 4 rings (SSSR count). The highest BCUT2D eigenvalue weighted by Crippen LogP contribution is 2.43. The van der Waals surface area contributed by atoms with E-state index in [1.165, 1.54) is 12.5 Å². The predicted molar refractivity (Wildman–Crippen MR) is 109 cm³/mol. The molecule has 136 valence electrons. The van der Waals surface area contributed by atoms with Crippen molar-refractivity contribution in [3.63, 3.8) is 0 Å². The number of hydrogen-bond acceptors (Lipinski definition) is 3. The molecular formula is C24H22O3. The maximum Gasteiger partial charge on any atom is 0.308 e. The van der Waals surface area contributed by atoms with E-state index >= 15 is 0 Å². The van der Waals surface area contributed by atoms with Crippen LogP contribution in [-0.2, 0) is 4.79 Å². The van der Waals surface area contributed by atoms with E-state index in [9.17, 15) is 4.79 Å². The molecule has 0 saturated heterocycles. The lowest BCUT2D eigenvalue weighted by molar-refractivity contribution is -0.131. The summed E-state index contributed by atoms with van der Waals surface area (Å²) in [5.74, 6) is 0.766. The van der Waals surface area contributed by atoms with E-state index < -0.39 is 0 Å². The van der Waals surface area contributed by atoms with Crippen molar-refractivity contribution < 1.29 is 13.9 Å². The molecular weight excluding hydrogens is 336 g/mol. The molecule has 0 spiro atoms. The Hall–Kier alpha value is -3.07. The summed E-state index contributed by atoms with van der Waals surface area (Å²) >= 11 is 0. The number of carbonyl (C=O) groups is 1. The Morgan fingerprint density at radius 2 is 1.67 bits per heavy atom. The first-order chi connectivity index (χ1) is 13.0. The lowest BCUT2D eigenvalue weighted by atomic mass is 9.95. The van der Waals surface area contributed by atoms with Crippen LogP contribution < -0.4 is 4.74 Å². The van der Waals surface area contributed by atoms with Crippen LogP contribution in [0.25, 0.3) is 32.9 Å². The third-order valence-electron chi connectivity index (χ3n) is 5.06. The van der Waals surface area contributed by atoms with Crippen molar-refractivity contribution in [1.29, 1.82) is 0 Å². The van der Waals surface area contributed by atoms with Crippen LogP contribution >= 0.6 is 0 Å². The summed E-state index contributed by atoms with van der Waals surface area (Å²) in [6, 6.07) is 16.4. The Bertz CT molecular complexity index is 1150. The molecule has 0 bridgehead atoms. The molecule has 1 heterocycles. The molecule has 1 aromatic heterocycles. The van der Waals surface area contributed by atoms with Gasteiger partial charge in [-0.25, -0.2) is 0 Å². The minimum atomic E-state index is -0.325. The zero-order valence-electron chi connectivity index (χ0n) is 16.0. The van der Waals surface area contributed by atoms with Crippen LogP contribution in [0.15, 0.2) is 59.2 Å². The molecule has 0 aliphatic heterocycles. The Kier molecular flexibility index (Phi) is 4.23. The van der Waals surface area contributed by atoms with Crippen LogP contribution in [0.5, 0.6) is 5.75 Å². The standard InChI is InChI=1S/C24H22O3/c1-14(2)17-9-11-18(12-10-17)21-13-26-24-20-8-6-5-7-19(20)23(27-16(4)25)15(3)22(21)24/h5-14H,1-4H3. The van der Waals surface area contributed by atoms with Gasteiger partial charge in [0.2, 0.25) is 0 Å². The Morgan fingerprint density at radius 1 is 1.00 bits per heavy atom. The first-order valence-corrected chi connectivity index (χ1v) is 9.18. The average Bonchev–Trinajstić information content (AvgIpc) is 3.10. The Labute approximate surface area is 158 Å². The molecule has 0 saturated carbocycles. The number of ether oxygens (including phenoxy) is 1. The summed E-state index contributed by atoms with van der Waals surface area (Å²) in [5.41, 5.74) is 5.13. The summed E-state index contributed by atoms with van der Waals surface area (Å²) in [7, 11) is 0. The fraction of sp³-hybridized carbons (Fsp3) is 0.208. The van der Waals surface area contributed by atoms with E-state index in [0.717, 1.165) is 38.4 Å². The van der Waals surface area contributed by atoms with Gasteiger partial charge in [0.15, 0.2) is 0 Å². The third-order valence-corrected chi connectivity index (χ3v) is 5.06. The molecule has 0 aliphatic carbocycles. The molecule has 0 atom stereocenters. The van der Waals surface area contributed by atoms with Gasteiger partial charge < -0.3 is 9.15 Å². The first-order valence-electron chi connectivity index (χ1n) is 9.18. The molecule has 4 aromatic rings. The average molecular weight is 358 g/mol. The largest absolute Gasteiger partial charge is 0.463 e. The van der Waals surface area contributed by atoms with Crippen molar-refractivity contribution >= 4 is 27.7 Å². The number of hydrogen-bond donors (Lipinski definition) is 0. The number of aryl methyl sites for hydroxylation is 1. The van der Waals surface area contributed by atoms with Gasteiger partial charge in [0.05, 0.1) is 6.26 Å². The zero-order chi connectivity index (χ0) is 19.1. The van der Waals surface area contributed by atoms with Gasteiger partial charge in [0, 0.05) is 34.2 Å². The van der Waals surface area contributed by atoms with Gasteiger partial charge in [-0.05, 0) is 24.0 Å². The number of esters is 1. The normalized spacial score (nSPS) is 11.4. The van der Waals surface area contributed by atoms with Gasteiger partial charge in [-0.15, -0.1) is 0 Å². The number of benzene rings is 3. The minimum absolute atomic E-state index is 0.325. The number of furan rings is 1. The maximum absolute atomic E-state index is 11.7. The second kappa shape index (κ2) is 6.58. The van der Waals surface area contributed by atoms with Crippen LogP contribution in [0.3, 0.4) is 0 Å². The molecule has 0 radical (unpaired) electrons. The number of fused-ring (bicyclic) bond motifs is 3. The van der Waals surface area contributed by atoms with Crippen molar-refractivity contribution in [3.8, 4) is 16.9 Å². The van der Waals surface area contributed by atoms with Crippen molar-refractivity contribution in [2.24, 2.45) is 0 Å².